The number of nitrogens with zero attached hydrogens (tertiary/aromatic N) is 2. The third kappa shape index (κ3) is 3.78. The van der Waals surface area contributed by atoms with Crippen molar-refractivity contribution in [2.75, 3.05) is 13.7 Å². The lowest BCUT2D eigenvalue weighted by molar-refractivity contribution is -0.135. The van der Waals surface area contributed by atoms with Gasteiger partial charge in [-0.25, -0.2) is 4.98 Å². The number of amides is 1. The summed E-state index contributed by atoms with van der Waals surface area (Å²) >= 11 is 1.64. The first kappa shape index (κ1) is 17.0. The average molecular weight is 344 g/mol. The molecule has 0 radical (unpaired) electrons. The highest BCUT2D eigenvalue weighted by atomic mass is 32.1. The van der Waals surface area contributed by atoms with Gasteiger partial charge in [0.25, 0.3) is 0 Å². The quantitative estimate of drug-likeness (QED) is 0.818. The number of hydrogen-bond donors (Lipinski definition) is 0. The molecule has 128 valence electrons. The fourth-order valence-electron chi connectivity index (χ4n) is 3.33. The number of aromatic nitrogens is 1. The maximum atomic E-state index is 12.8. The molecule has 1 fully saturated rings. The van der Waals surface area contributed by atoms with E-state index in [1.54, 1.807) is 18.4 Å². The van der Waals surface area contributed by atoms with E-state index in [1.165, 1.54) is 16.9 Å². The lowest BCUT2D eigenvalue weighted by Gasteiger charge is -2.36. The van der Waals surface area contributed by atoms with Crippen LogP contribution in [0.2, 0.25) is 0 Å². The molecular formula is C19H24N2O2S. The van der Waals surface area contributed by atoms with Crippen molar-refractivity contribution in [2.24, 2.45) is 0 Å². The van der Waals surface area contributed by atoms with Gasteiger partial charge in [0, 0.05) is 17.8 Å². The fourth-order valence-corrected chi connectivity index (χ4v) is 4.11. The van der Waals surface area contributed by atoms with Crippen molar-refractivity contribution < 1.29 is 9.53 Å². The summed E-state index contributed by atoms with van der Waals surface area (Å²) in [6, 6.07) is 8.32. The van der Waals surface area contributed by atoms with E-state index in [1.807, 2.05) is 24.6 Å². The van der Waals surface area contributed by atoms with Crippen molar-refractivity contribution in [1.29, 1.82) is 0 Å². The Morgan fingerprint density at radius 2 is 2.12 bits per heavy atom. The van der Waals surface area contributed by atoms with Crippen LogP contribution in [0.5, 0.6) is 5.75 Å². The van der Waals surface area contributed by atoms with Gasteiger partial charge in [-0.3, -0.25) is 4.79 Å². The molecule has 4 nitrogen and oxygen atoms in total. The van der Waals surface area contributed by atoms with E-state index in [4.69, 9.17) is 4.74 Å². The van der Waals surface area contributed by atoms with Crippen molar-refractivity contribution in [3.63, 3.8) is 0 Å². The van der Waals surface area contributed by atoms with Gasteiger partial charge < -0.3 is 9.64 Å². The van der Waals surface area contributed by atoms with Gasteiger partial charge in [-0.05, 0) is 50.3 Å². The predicted octanol–water partition coefficient (Wildman–Crippen LogP) is 4.15. The molecule has 1 saturated heterocycles. The zero-order valence-corrected chi connectivity index (χ0v) is 15.1. The molecule has 1 amide bonds. The number of carbonyl (C=O) groups is 1. The minimum atomic E-state index is 0.194. The zero-order chi connectivity index (χ0) is 16.9. The first-order valence-electron chi connectivity index (χ1n) is 8.51. The molecule has 1 aliphatic rings. The molecule has 2 heterocycles. The van der Waals surface area contributed by atoms with Gasteiger partial charge in [0.05, 0.1) is 24.4 Å². The van der Waals surface area contributed by atoms with Crippen molar-refractivity contribution in [2.45, 2.75) is 45.1 Å². The number of aryl methyl sites for hydroxylation is 2. The predicted molar refractivity (Wildman–Crippen MR) is 96.5 cm³/mol. The van der Waals surface area contributed by atoms with Gasteiger partial charge in [0.1, 0.15) is 5.75 Å². The number of ether oxygens (including phenoxy) is 1. The fraction of sp³-hybridized carbons (Fsp3) is 0.474. The first-order chi connectivity index (χ1) is 11.7. The van der Waals surface area contributed by atoms with Crippen LogP contribution in [0.3, 0.4) is 0 Å². The summed E-state index contributed by atoms with van der Waals surface area (Å²) in [6.07, 6.45) is 4.67. The Morgan fingerprint density at radius 1 is 1.33 bits per heavy atom. The number of carbonyl (C=O) groups excluding carboxylic acids is 1. The van der Waals surface area contributed by atoms with E-state index in [0.717, 1.165) is 37.3 Å². The van der Waals surface area contributed by atoms with Gasteiger partial charge in [0.15, 0.2) is 0 Å². The van der Waals surface area contributed by atoms with Gasteiger partial charge in [-0.1, -0.05) is 12.1 Å². The van der Waals surface area contributed by atoms with Crippen molar-refractivity contribution in [1.82, 2.24) is 9.88 Å². The number of methoxy groups -OCH3 is 1. The Balaban J connectivity index is 1.68. The number of thiazole rings is 1. The standard InChI is InChI=1S/C19H24N2O2S/c1-14-18(24-13-20-14)10-11-19(22)21-12-4-3-5-17(21)15-6-8-16(23-2)9-7-15/h6-9,13,17H,3-5,10-12H2,1-2H3. The molecule has 1 aliphatic heterocycles. The molecule has 0 saturated carbocycles. The van der Waals surface area contributed by atoms with Crippen LogP contribution < -0.4 is 4.74 Å². The minimum Gasteiger partial charge on any atom is -0.497 e. The molecule has 1 unspecified atom stereocenters. The van der Waals surface area contributed by atoms with Crippen LogP contribution in [0.1, 0.15) is 47.9 Å². The van der Waals surface area contributed by atoms with Crippen LogP contribution in [0.15, 0.2) is 29.8 Å². The van der Waals surface area contributed by atoms with Gasteiger partial charge in [-0.15, -0.1) is 11.3 Å². The summed E-state index contributed by atoms with van der Waals surface area (Å²) < 4.78 is 5.24. The number of piperidine rings is 1. The van der Waals surface area contributed by atoms with E-state index < -0.39 is 0 Å². The van der Waals surface area contributed by atoms with Gasteiger partial charge in [-0.2, -0.15) is 0 Å². The monoisotopic (exact) mass is 344 g/mol. The van der Waals surface area contributed by atoms with Gasteiger partial charge >= 0.3 is 0 Å². The SMILES string of the molecule is COc1ccc(C2CCCCN2C(=O)CCc2scnc2C)cc1. The Kier molecular flexibility index (Phi) is 5.51. The largest absolute Gasteiger partial charge is 0.497 e. The Morgan fingerprint density at radius 3 is 2.79 bits per heavy atom. The Labute approximate surface area is 147 Å². The number of rotatable bonds is 5. The molecule has 0 spiro atoms. The van der Waals surface area contributed by atoms with E-state index >= 15 is 0 Å². The van der Waals surface area contributed by atoms with Crippen LogP contribution in [0.4, 0.5) is 0 Å². The maximum Gasteiger partial charge on any atom is 0.223 e. The smallest absolute Gasteiger partial charge is 0.223 e. The Hall–Kier alpha value is -1.88. The number of hydrogen-bond acceptors (Lipinski definition) is 4. The number of likely N-dealkylation sites (tertiary alicyclic amines) is 1. The van der Waals surface area contributed by atoms with Crippen LogP contribution >= 0.6 is 11.3 Å². The molecule has 1 aromatic carbocycles. The average Bonchev–Trinajstić information content (AvgIpc) is 3.05. The summed E-state index contributed by atoms with van der Waals surface area (Å²) in [4.78, 5) is 20.4. The van der Waals surface area contributed by atoms with Gasteiger partial charge in [0.2, 0.25) is 5.91 Å². The topological polar surface area (TPSA) is 42.4 Å². The lowest BCUT2D eigenvalue weighted by atomic mass is 9.94. The molecule has 0 N–H and O–H groups in total. The minimum absolute atomic E-state index is 0.194. The molecule has 5 heteroatoms. The third-order valence-electron chi connectivity index (χ3n) is 4.73. The summed E-state index contributed by atoms with van der Waals surface area (Å²) in [5, 5.41) is 0. The van der Waals surface area contributed by atoms with Crippen LogP contribution in [-0.2, 0) is 11.2 Å². The first-order valence-corrected chi connectivity index (χ1v) is 9.39. The van der Waals surface area contributed by atoms with Crippen LogP contribution in [-0.4, -0.2) is 29.4 Å². The zero-order valence-electron chi connectivity index (χ0n) is 14.3. The van der Waals surface area contributed by atoms with E-state index in [2.05, 4.69) is 22.0 Å². The third-order valence-corrected chi connectivity index (χ3v) is 5.73. The van der Waals surface area contributed by atoms with Crippen LogP contribution in [0.25, 0.3) is 0 Å². The second-order valence-electron chi connectivity index (χ2n) is 6.23. The highest BCUT2D eigenvalue weighted by Gasteiger charge is 2.27. The molecule has 1 atom stereocenters. The van der Waals surface area contributed by atoms with Crippen LogP contribution in [0, 0.1) is 6.92 Å². The Bertz CT molecular complexity index is 681. The number of benzene rings is 1. The summed E-state index contributed by atoms with van der Waals surface area (Å²) in [5.74, 6) is 1.11. The summed E-state index contributed by atoms with van der Waals surface area (Å²) in [5.41, 5.74) is 4.12. The van der Waals surface area contributed by atoms with Crippen molar-refractivity contribution >= 4 is 17.2 Å². The van der Waals surface area contributed by atoms with Crippen molar-refractivity contribution in [3.05, 3.63) is 45.9 Å². The summed E-state index contributed by atoms with van der Waals surface area (Å²) in [7, 11) is 1.67. The molecule has 1 aromatic heterocycles. The molecule has 2 aromatic rings. The second-order valence-corrected chi connectivity index (χ2v) is 7.17. The normalized spacial score (nSPS) is 17.8. The molecule has 0 aliphatic carbocycles. The maximum absolute atomic E-state index is 12.8. The van der Waals surface area contributed by atoms with Crippen molar-refractivity contribution in [3.8, 4) is 5.75 Å². The molecule has 0 bridgehead atoms. The van der Waals surface area contributed by atoms with E-state index in [9.17, 15) is 4.79 Å². The lowest BCUT2D eigenvalue weighted by Crippen LogP contribution is -2.38. The summed E-state index contributed by atoms with van der Waals surface area (Å²) in [6.45, 7) is 2.87. The molecule has 3 rings (SSSR count). The highest BCUT2D eigenvalue weighted by molar-refractivity contribution is 7.09. The highest BCUT2D eigenvalue weighted by Crippen LogP contribution is 2.32. The van der Waals surface area contributed by atoms with E-state index in [-0.39, 0.29) is 11.9 Å². The second kappa shape index (κ2) is 7.79. The molecular weight excluding hydrogens is 320 g/mol. The van der Waals surface area contributed by atoms with E-state index in [0.29, 0.717) is 6.42 Å². The molecule has 24 heavy (non-hydrogen) atoms.